The molecule has 0 aliphatic carbocycles. The van der Waals surface area contributed by atoms with Gasteiger partial charge in [0.05, 0.1) is 0 Å². The van der Waals surface area contributed by atoms with Crippen LogP contribution in [-0.4, -0.2) is 25.1 Å². The van der Waals surface area contributed by atoms with E-state index in [9.17, 15) is 0 Å². The molecule has 0 aromatic heterocycles. The molecule has 0 atom stereocenters. The molecule has 0 aromatic carbocycles. The summed E-state index contributed by atoms with van der Waals surface area (Å²) in [5.41, 5.74) is 0. The summed E-state index contributed by atoms with van der Waals surface area (Å²) in [5, 5.41) is 6.41. The van der Waals surface area contributed by atoms with Crippen molar-refractivity contribution in [3.63, 3.8) is 0 Å². The number of rotatable bonds is 1. The maximum Gasteiger partial charge on any atom is 0.191 e. The van der Waals surface area contributed by atoms with Crippen molar-refractivity contribution in [1.29, 1.82) is 0 Å². The van der Waals surface area contributed by atoms with Gasteiger partial charge in [-0.15, -0.1) is 0 Å². The zero-order valence-corrected chi connectivity index (χ0v) is 6.65. The normalized spacial score (nSPS) is 18.1. The Labute approximate surface area is 61.9 Å². The van der Waals surface area contributed by atoms with Crippen LogP contribution >= 0.6 is 0 Å². The fraction of sp³-hybridized carbons (Fsp3) is 0.857. The SMILES string of the molecule is CC(C)NC1=NCCCN1. The monoisotopic (exact) mass is 141 g/mol. The van der Waals surface area contributed by atoms with Gasteiger partial charge in [0.2, 0.25) is 0 Å². The van der Waals surface area contributed by atoms with Gasteiger partial charge in [0.25, 0.3) is 0 Å². The lowest BCUT2D eigenvalue weighted by molar-refractivity contribution is 0.657. The van der Waals surface area contributed by atoms with Crippen LogP contribution < -0.4 is 10.6 Å². The fourth-order valence-electron chi connectivity index (χ4n) is 0.903. The highest BCUT2D eigenvalue weighted by molar-refractivity contribution is 5.80. The highest BCUT2D eigenvalue weighted by atomic mass is 15.2. The van der Waals surface area contributed by atoms with Crippen molar-refractivity contribution in [3.8, 4) is 0 Å². The van der Waals surface area contributed by atoms with Gasteiger partial charge in [-0.05, 0) is 20.3 Å². The molecular weight excluding hydrogens is 126 g/mol. The van der Waals surface area contributed by atoms with E-state index in [-0.39, 0.29) is 0 Å². The second kappa shape index (κ2) is 3.44. The second-order valence-electron chi connectivity index (χ2n) is 2.81. The lowest BCUT2D eigenvalue weighted by Crippen LogP contribution is -2.43. The Morgan fingerprint density at radius 1 is 1.60 bits per heavy atom. The quantitative estimate of drug-likeness (QED) is 0.552. The van der Waals surface area contributed by atoms with E-state index in [1.807, 2.05) is 0 Å². The van der Waals surface area contributed by atoms with Gasteiger partial charge in [-0.2, -0.15) is 0 Å². The van der Waals surface area contributed by atoms with Crippen molar-refractivity contribution >= 4 is 5.96 Å². The highest BCUT2D eigenvalue weighted by Crippen LogP contribution is 1.87. The lowest BCUT2D eigenvalue weighted by atomic mass is 10.3. The van der Waals surface area contributed by atoms with E-state index < -0.39 is 0 Å². The largest absolute Gasteiger partial charge is 0.356 e. The minimum Gasteiger partial charge on any atom is -0.356 e. The third kappa shape index (κ3) is 2.25. The van der Waals surface area contributed by atoms with Crippen molar-refractivity contribution < 1.29 is 0 Å². The summed E-state index contributed by atoms with van der Waals surface area (Å²) in [5.74, 6) is 0.959. The number of hydrogen-bond acceptors (Lipinski definition) is 3. The molecule has 10 heavy (non-hydrogen) atoms. The lowest BCUT2D eigenvalue weighted by Gasteiger charge is -2.17. The first-order chi connectivity index (χ1) is 4.79. The molecule has 0 radical (unpaired) electrons. The molecule has 1 rings (SSSR count). The van der Waals surface area contributed by atoms with Crippen LogP contribution in [0.3, 0.4) is 0 Å². The molecule has 58 valence electrons. The molecule has 0 aromatic rings. The van der Waals surface area contributed by atoms with Gasteiger partial charge < -0.3 is 10.6 Å². The van der Waals surface area contributed by atoms with Gasteiger partial charge in [-0.25, -0.2) is 0 Å². The Hall–Kier alpha value is -0.730. The minimum absolute atomic E-state index is 0.476. The molecule has 0 bridgehead atoms. The highest BCUT2D eigenvalue weighted by Gasteiger charge is 2.02. The Morgan fingerprint density at radius 2 is 2.40 bits per heavy atom. The molecule has 0 amide bonds. The van der Waals surface area contributed by atoms with Crippen LogP contribution in [0, 0.1) is 0 Å². The molecule has 2 N–H and O–H groups in total. The number of hydrogen-bond donors (Lipinski definition) is 2. The predicted octanol–water partition coefficient (Wildman–Crippen LogP) is 0.334. The van der Waals surface area contributed by atoms with Gasteiger partial charge in [0.1, 0.15) is 0 Å². The summed E-state index contributed by atoms with van der Waals surface area (Å²) < 4.78 is 0. The van der Waals surface area contributed by atoms with Crippen LogP contribution in [0.5, 0.6) is 0 Å². The van der Waals surface area contributed by atoms with Gasteiger partial charge in [0.15, 0.2) is 5.96 Å². The fourth-order valence-corrected chi connectivity index (χ4v) is 0.903. The molecule has 1 heterocycles. The number of aliphatic imine (C=N–C) groups is 1. The van der Waals surface area contributed by atoms with Gasteiger partial charge >= 0.3 is 0 Å². The van der Waals surface area contributed by atoms with Crippen LogP contribution in [0.4, 0.5) is 0 Å². The molecule has 1 aliphatic rings. The molecule has 3 heteroatoms. The zero-order chi connectivity index (χ0) is 7.40. The Morgan fingerprint density at radius 3 is 2.90 bits per heavy atom. The van der Waals surface area contributed by atoms with E-state index >= 15 is 0 Å². The van der Waals surface area contributed by atoms with Crippen molar-refractivity contribution in [2.45, 2.75) is 26.3 Å². The summed E-state index contributed by atoms with van der Waals surface area (Å²) >= 11 is 0. The molecule has 0 saturated heterocycles. The molecule has 0 fully saturated rings. The summed E-state index contributed by atoms with van der Waals surface area (Å²) in [4.78, 5) is 4.26. The molecule has 0 saturated carbocycles. The first-order valence-electron chi connectivity index (χ1n) is 3.84. The first-order valence-corrected chi connectivity index (χ1v) is 3.84. The zero-order valence-electron chi connectivity index (χ0n) is 6.65. The molecule has 3 nitrogen and oxygen atoms in total. The molecule has 1 aliphatic heterocycles. The Kier molecular flexibility index (Phi) is 2.54. The maximum absolute atomic E-state index is 4.26. The summed E-state index contributed by atoms with van der Waals surface area (Å²) in [6.45, 7) is 6.23. The average molecular weight is 141 g/mol. The van der Waals surface area contributed by atoms with Crippen LogP contribution in [0.15, 0.2) is 4.99 Å². The van der Waals surface area contributed by atoms with Gasteiger partial charge in [-0.1, -0.05) is 0 Å². The summed E-state index contributed by atoms with van der Waals surface area (Å²) in [7, 11) is 0. The van der Waals surface area contributed by atoms with E-state index in [1.165, 1.54) is 0 Å². The van der Waals surface area contributed by atoms with Crippen molar-refractivity contribution in [3.05, 3.63) is 0 Å². The number of guanidine groups is 1. The van der Waals surface area contributed by atoms with E-state index in [4.69, 9.17) is 0 Å². The smallest absolute Gasteiger partial charge is 0.191 e. The van der Waals surface area contributed by atoms with Crippen molar-refractivity contribution in [2.75, 3.05) is 13.1 Å². The average Bonchev–Trinajstić information content (AvgIpc) is 1.88. The Balaban J connectivity index is 2.31. The summed E-state index contributed by atoms with van der Waals surface area (Å²) in [6, 6.07) is 0.476. The third-order valence-electron chi connectivity index (χ3n) is 1.32. The van der Waals surface area contributed by atoms with E-state index in [2.05, 4.69) is 29.5 Å². The van der Waals surface area contributed by atoms with Crippen molar-refractivity contribution in [1.82, 2.24) is 10.6 Å². The van der Waals surface area contributed by atoms with Gasteiger partial charge in [-0.3, -0.25) is 4.99 Å². The molecular formula is C7H15N3. The van der Waals surface area contributed by atoms with E-state index in [0.717, 1.165) is 25.5 Å². The van der Waals surface area contributed by atoms with Gasteiger partial charge in [0, 0.05) is 19.1 Å². The Bertz CT molecular complexity index is 129. The predicted molar refractivity (Wildman–Crippen MR) is 43.2 cm³/mol. The van der Waals surface area contributed by atoms with E-state index in [0.29, 0.717) is 6.04 Å². The number of nitrogens with zero attached hydrogens (tertiary/aromatic N) is 1. The van der Waals surface area contributed by atoms with Crippen molar-refractivity contribution in [2.24, 2.45) is 4.99 Å². The first kappa shape index (κ1) is 7.38. The van der Waals surface area contributed by atoms with Crippen LogP contribution in [0.25, 0.3) is 0 Å². The second-order valence-corrected chi connectivity index (χ2v) is 2.81. The minimum atomic E-state index is 0.476. The molecule has 0 spiro atoms. The van der Waals surface area contributed by atoms with Crippen LogP contribution in [0.2, 0.25) is 0 Å². The van der Waals surface area contributed by atoms with Crippen LogP contribution in [-0.2, 0) is 0 Å². The number of nitrogens with one attached hydrogen (secondary N) is 2. The topological polar surface area (TPSA) is 36.4 Å². The van der Waals surface area contributed by atoms with Crippen LogP contribution in [0.1, 0.15) is 20.3 Å². The standard InChI is InChI=1S/C7H15N3/c1-6(2)10-7-8-4-3-5-9-7/h6H,3-5H2,1-2H3,(H2,8,9,10). The van der Waals surface area contributed by atoms with E-state index in [1.54, 1.807) is 0 Å². The summed E-state index contributed by atoms with van der Waals surface area (Å²) in [6.07, 6.45) is 1.16. The molecule has 0 unspecified atom stereocenters. The third-order valence-corrected chi connectivity index (χ3v) is 1.32. The maximum atomic E-state index is 4.26.